The zero-order valence-electron chi connectivity index (χ0n) is 12.6. The second-order valence-electron chi connectivity index (χ2n) is 5.67. The highest BCUT2D eigenvalue weighted by atomic mass is 35.5. The Morgan fingerprint density at radius 3 is 2.23 bits per heavy atom. The molecule has 6 nitrogen and oxygen atoms in total. The summed E-state index contributed by atoms with van der Waals surface area (Å²) < 4.78 is 0. The lowest BCUT2D eigenvalue weighted by Crippen LogP contribution is -2.52. The first-order chi connectivity index (χ1) is 9.90. The summed E-state index contributed by atoms with van der Waals surface area (Å²) in [5.74, 6) is -0.0909. The maximum absolute atomic E-state index is 12.3. The zero-order valence-corrected chi connectivity index (χ0v) is 13.4. The summed E-state index contributed by atoms with van der Waals surface area (Å²) in [5.41, 5.74) is 12.0. The number of rotatable bonds is 4. The number of nitrogens with two attached hydrogens (primary N) is 2. The lowest BCUT2D eigenvalue weighted by Gasteiger charge is -2.25. The van der Waals surface area contributed by atoms with Gasteiger partial charge in [-0.2, -0.15) is 0 Å². The molecule has 122 valence electrons. The molecule has 0 spiro atoms. The minimum absolute atomic E-state index is 0. The van der Waals surface area contributed by atoms with Crippen LogP contribution in [0.25, 0.3) is 0 Å². The number of benzene rings is 1. The van der Waals surface area contributed by atoms with Crippen molar-refractivity contribution in [1.82, 2.24) is 5.32 Å². The summed E-state index contributed by atoms with van der Waals surface area (Å²) in [7, 11) is 0. The molecule has 0 radical (unpaired) electrons. The standard InChI is InChI=1S/C15H22N4O2.ClH/c1-10(18-13(20)15(17)8-2-3-9-15)11-4-6-12(7-5-11)19-14(16)21;/h4-7,10H,2-3,8-9,17H2,1H3,(H,18,20)(H3,16,19,21);1H. The molecule has 22 heavy (non-hydrogen) atoms. The van der Waals surface area contributed by atoms with E-state index in [-0.39, 0.29) is 24.4 Å². The first-order valence-electron chi connectivity index (χ1n) is 7.17. The Kier molecular flexibility index (Phi) is 6.20. The quantitative estimate of drug-likeness (QED) is 0.679. The van der Waals surface area contributed by atoms with Gasteiger partial charge in [0.25, 0.3) is 0 Å². The topological polar surface area (TPSA) is 110 Å². The van der Waals surface area contributed by atoms with Gasteiger partial charge in [0.05, 0.1) is 11.6 Å². The molecule has 0 aliphatic heterocycles. The highest BCUT2D eigenvalue weighted by Gasteiger charge is 2.37. The van der Waals surface area contributed by atoms with E-state index in [4.69, 9.17) is 11.5 Å². The number of hydrogen-bond donors (Lipinski definition) is 4. The minimum atomic E-state index is -0.721. The Labute approximate surface area is 136 Å². The summed E-state index contributed by atoms with van der Waals surface area (Å²) in [6, 6.07) is 6.44. The van der Waals surface area contributed by atoms with E-state index < -0.39 is 11.6 Å². The van der Waals surface area contributed by atoms with Crippen molar-refractivity contribution in [2.45, 2.75) is 44.2 Å². The first-order valence-corrected chi connectivity index (χ1v) is 7.17. The van der Waals surface area contributed by atoms with E-state index in [1.165, 1.54) is 0 Å². The van der Waals surface area contributed by atoms with E-state index in [0.717, 1.165) is 31.2 Å². The molecule has 1 saturated carbocycles. The number of primary amides is 1. The second kappa shape index (κ2) is 7.47. The summed E-state index contributed by atoms with van der Waals surface area (Å²) in [6.07, 6.45) is 3.50. The molecule has 1 atom stereocenters. The van der Waals surface area contributed by atoms with E-state index in [1.54, 1.807) is 12.1 Å². The van der Waals surface area contributed by atoms with Crippen LogP contribution in [0.2, 0.25) is 0 Å². The molecule has 1 aromatic carbocycles. The summed E-state index contributed by atoms with van der Waals surface area (Å²) in [5, 5.41) is 5.46. The van der Waals surface area contributed by atoms with E-state index >= 15 is 0 Å². The summed E-state index contributed by atoms with van der Waals surface area (Å²) in [4.78, 5) is 23.0. The largest absolute Gasteiger partial charge is 0.351 e. The average Bonchev–Trinajstić information content (AvgIpc) is 2.87. The molecule has 1 aliphatic rings. The number of nitrogens with one attached hydrogen (secondary N) is 2. The van der Waals surface area contributed by atoms with Gasteiger partial charge in [-0.15, -0.1) is 12.4 Å². The van der Waals surface area contributed by atoms with Crippen molar-refractivity contribution in [3.05, 3.63) is 29.8 Å². The van der Waals surface area contributed by atoms with Gasteiger partial charge in [-0.3, -0.25) is 4.79 Å². The maximum atomic E-state index is 12.3. The van der Waals surface area contributed by atoms with Crippen LogP contribution in [0.4, 0.5) is 10.5 Å². The Hall–Kier alpha value is -1.79. The van der Waals surface area contributed by atoms with Gasteiger partial charge >= 0.3 is 6.03 Å². The van der Waals surface area contributed by atoms with Crippen LogP contribution in [0.5, 0.6) is 0 Å². The van der Waals surface area contributed by atoms with Gasteiger partial charge in [0.2, 0.25) is 5.91 Å². The Morgan fingerprint density at radius 1 is 1.18 bits per heavy atom. The summed E-state index contributed by atoms with van der Waals surface area (Å²) >= 11 is 0. The highest BCUT2D eigenvalue weighted by molar-refractivity contribution is 5.88. The lowest BCUT2D eigenvalue weighted by molar-refractivity contribution is -0.126. The molecular formula is C15H23ClN4O2. The van der Waals surface area contributed by atoms with E-state index in [0.29, 0.717) is 5.69 Å². The minimum Gasteiger partial charge on any atom is -0.351 e. The second-order valence-corrected chi connectivity index (χ2v) is 5.67. The van der Waals surface area contributed by atoms with Crippen molar-refractivity contribution < 1.29 is 9.59 Å². The van der Waals surface area contributed by atoms with Crippen LogP contribution >= 0.6 is 12.4 Å². The molecule has 7 heteroatoms. The number of anilines is 1. The van der Waals surface area contributed by atoms with E-state index in [9.17, 15) is 9.59 Å². The van der Waals surface area contributed by atoms with Crippen LogP contribution in [0, 0.1) is 0 Å². The van der Waals surface area contributed by atoms with E-state index in [1.807, 2.05) is 19.1 Å². The molecule has 2 rings (SSSR count). The highest BCUT2D eigenvalue weighted by Crippen LogP contribution is 2.28. The van der Waals surface area contributed by atoms with Crippen LogP contribution in [-0.4, -0.2) is 17.5 Å². The van der Waals surface area contributed by atoms with Crippen molar-refractivity contribution in [2.75, 3.05) is 5.32 Å². The van der Waals surface area contributed by atoms with Crippen molar-refractivity contribution in [3.63, 3.8) is 0 Å². The van der Waals surface area contributed by atoms with Crippen LogP contribution in [0.1, 0.15) is 44.2 Å². The molecule has 0 heterocycles. The van der Waals surface area contributed by atoms with Gasteiger partial charge in [0, 0.05) is 5.69 Å². The third-order valence-corrected chi connectivity index (χ3v) is 3.97. The molecule has 6 N–H and O–H groups in total. The van der Waals surface area contributed by atoms with Gasteiger partial charge in [-0.25, -0.2) is 4.79 Å². The average molecular weight is 327 g/mol. The summed E-state index contributed by atoms with van der Waals surface area (Å²) in [6.45, 7) is 1.91. The Balaban J connectivity index is 0.00000242. The van der Waals surface area contributed by atoms with Crippen LogP contribution in [0.15, 0.2) is 24.3 Å². The Bertz CT molecular complexity index is 527. The third kappa shape index (κ3) is 4.35. The molecule has 1 aromatic rings. The van der Waals surface area contributed by atoms with Crippen molar-refractivity contribution >= 4 is 30.0 Å². The fourth-order valence-corrected chi connectivity index (χ4v) is 2.65. The van der Waals surface area contributed by atoms with Crippen LogP contribution in [0.3, 0.4) is 0 Å². The molecule has 0 saturated heterocycles. The number of carbonyl (C=O) groups is 2. The van der Waals surface area contributed by atoms with Crippen molar-refractivity contribution in [2.24, 2.45) is 11.5 Å². The van der Waals surface area contributed by atoms with E-state index in [2.05, 4.69) is 10.6 Å². The first kappa shape index (κ1) is 18.3. The molecule has 0 aromatic heterocycles. The van der Waals surface area contributed by atoms with Gasteiger partial charge in [-0.1, -0.05) is 25.0 Å². The number of urea groups is 1. The Morgan fingerprint density at radius 2 is 1.73 bits per heavy atom. The smallest absolute Gasteiger partial charge is 0.316 e. The number of halogens is 1. The maximum Gasteiger partial charge on any atom is 0.316 e. The zero-order chi connectivity index (χ0) is 15.5. The lowest BCUT2D eigenvalue weighted by atomic mass is 9.97. The normalized spacial score (nSPS) is 17.2. The van der Waals surface area contributed by atoms with Crippen LogP contribution < -0.4 is 22.1 Å². The number of amides is 3. The predicted octanol–water partition coefficient (Wildman–Crippen LogP) is 2.05. The fourth-order valence-electron chi connectivity index (χ4n) is 2.65. The van der Waals surface area contributed by atoms with Gasteiger partial charge in [0.1, 0.15) is 0 Å². The number of carbonyl (C=O) groups excluding carboxylic acids is 2. The van der Waals surface area contributed by atoms with Gasteiger partial charge in [-0.05, 0) is 37.5 Å². The molecule has 3 amide bonds. The monoisotopic (exact) mass is 326 g/mol. The van der Waals surface area contributed by atoms with Crippen molar-refractivity contribution in [1.29, 1.82) is 0 Å². The third-order valence-electron chi connectivity index (χ3n) is 3.97. The predicted molar refractivity (Wildman–Crippen MR) is 88.8 cm³/mol. The molecule has 1 unspecified atom stereocenters. The van der Waals surface area contributed by atoms with Crippen molar-refractivity contribution in [3.8, 4) is 0 Å². The molecule has 1 aliphatic carbocycles. The van der Waals surface area contributed by atoms with Crippen LogP contribution in [-0.2, 0) is 4.79 Å². The molecule has 0 bridgehead atoms. The van der Waals surface area contributed by atoms with Gasteiger partial charge in [0.15, 0.2) is 0 Å². The van der Waals surface area contributed by atoms with Gasteiger partial charge < -0.3 is 22.1 Å². The fraction of sp³-hybridized carbons (Fsp3) is 0.467. The molecule has 1 fully saturated rings. The number of hydrogen-bond acceptors (Lipinski definition) is 3. The molecular weight excluding hydrogens is 304 g/mol. The SMILES string of the molecule is CC(NC(=O)C1(N)CCCC1)c1ccc(NC(N)=O)cc1.Cl.